The van der Waals surface area contributed by atoms with E-state index in [1.54, 1.807) is 13.8 Å². The van der Waals surface area contributed by atoms with Gasteiger partial charge in [0.05, 0.1) is 4.90 Å². The second-order valence-electron chi connectivity index (χ2n) is 3.14. The summed E-state index contributed by atoms with van der Waals surface area (Å²) in [6.45, 7) is 3.50. The summed E-state index contributed by atoms with van der Waals surface area (Å²) in [7, 11) is -2.70. The van der Waals surface area contributed by atoms with E-state index in [0.717, 1.165) is 0 Å². The molecular formula is C9H14O3S. The van der Waals surface area contributed by atoms with Gasteiger partial charge in [-0.3, -0.25) is 9.11 Å². The number of phenols is 1. The number of benzene rings is 1. The molecular weight excluding hydrogens is 188 g/mol. The van der Waals surface area contributed by atoms with Crippen molar-refractivity contribution in [2.24, 2.45) is 0 Å². The number of rotatable bonds is 2. The van der Waals surface area contributed by atoms with E-state index >= 15 is 0 Å². The predicted octanol–water partition coefficient (Wildman–Crippen LogP) is 2.91. The molecule has 0 aromatic heterocycles. The average molecular weight is 202 g/mol. The Morgan fingerprint density at radius 3 is 1.92 bits per heavy atom. The van der Waals surface area contributed by atoms with E-state index in [1.807, 2.05) is 0 Å². The molecule has 3 N–H and O–H groups in total. The highest BCUT2D eigenvalue weighted by Crippen LogP contribution is 2.52. The summed E-state index contributed by atoms with van der Waals surface area (Å²) in [5, 5.41) is 8.80. The van der Waals surface area contributed by atoms with Gasteiger partial charge in [0.15, 0.2) is 0 Å². The van der Waals surface area contributed by atoms with Crippen molar-refractivity contribution in [3.05, 3.63) is 24.3 Å². The van der Waals surface area contributed by atoms with Crippen LogP contribution in [0.3, 0.4) is 0 Å². The van der Waals surface area contributed by atoms with Gasteiger partial charge >= 0.3 is 0 Å². The van der Waals surface area contributed by atoms with E-state index in [2.05, 4.69) is 0 Å². The van der Waals surface area contributed by atoms with Gasteiger partial charge in [-0.25, -0.2) is 0 Å². The average Bonchev–Trinajstić information content (AvgIpc) is 2.04. The molecule has 0 amide bonds. The van der Waals surface area contributed by atoms with E-state index in [4.69, 9.17) is 5.11 Å². The third-order valence-corrected chi connectivity index (χ3v) is 4.12. The topological polar surface area (TPSA) is 60.7 Å². The minimum atomic E-state index is -2.70. The normalized spacial score (nSPS) is 13.3. The van der Waals surface area contributed by atoms with Gasteiger partial charge in [0.2, 0.25) is 0 Å². The molecule has 1 aromatic carbocycles. The van der Waals surface area contributed by atoms with Crippen LogP contribution >= 0.6 is 10.6 Å². The maximum Gasteiger partial charge on any atom is 0.115 e. The van der Waals surface area contributed by atoms with Gasteiger partial charge in [-0.15, -0.1) is 0 Å². The van der Waals surface area contributed by atoms with Crippen LogP contribution in [0.4, 0.5) is 0 Å². The summed E-state index contributed by atoms with van der Waals surface area (Å²) in [6, 6.07) is 5.97. The molecule has 74 valence electrons. The van der Waals surface area contributed by atoms with Crippen molar-refractivity contribution in [2.45, 2.75) is 24.0 Å². The molecule has 0 atom stereocenters. The summed E-state index contributed by atoms with van der Waals surface area (Å²) >= 11 is 0. The third-order valence-electron chi connectivity index (χ3n) is 1.84. The number of aromatic hydroxyl groups is 1. The minimum absolute atomic E-state index is 0.128. The standard InChI is InChI=1S/C9H14O3S/c1-7(2)13(11,12)9-5-3-8(10)4-6-9/h3-7,10-12H,1-2H3. The zero-order chi connectivity index (χ0) is 10.1. The Hall–Kier alpha value is -0.710. The number of hydrogen-bond acceptors (Lipinski definition) is 3. The van der Waals surface area contributed by atoms with Crippen LogP contribution in [0.15, 0.2) is 29.2 Å². The third kappa shape index (κ3) is 2.15. The molecule has 3 nitrogen and oxygen atoms in total. The Bertz CT molecular complexity index is 279. The molecule has 0 aliphatic heterocycles. The van der Waals surface area contributed by atoms with Crippen LogP contribution in [0.2, 0.25) is 0 Å². The van der Waals surface area contributed by atoms with Crippen molar-refractivity contribution >= 4 is 10.6 Å². The fourth-order valence-electron chi connectivity index (χ4n) is 0.919. The minimum Gasteiger partial charge on any atom is -0.508 e. The molecule has 0 aliphatic rings. The van der Waals surface area contributed by atoms with E-state index in [0.29, 0.717) is 4.90 Å². The first-order chi connectivity index (χ1) is 5.94. The van der Waals surface area contributed by atoms with Gasteiger partial charge in [0.25, 0.3) is 0 Å². The van der Waals surface area contributed by atoms with E-state index in [9.17, 15) is 9.11 Å². The summed E-state index contributed by atoms with van der Waals surface area (Å²) in [4.78, 5) is 0.473. The van der Waals surface area contributed by atoms with Crippen LogP contribution in [0.25, 0.3) is 0 Å². The summed E-state index contributed by atoms with van der Waals surface area (Å²) in [6.07, 6.45) is 0. The lowest BCUT2D eigenvalue weighted by Crippen LogP contribution is -2.10. The molecule has 0 bridgehead atoms. The molecule has 0 radical (unpaired) electrons. The summed E-state index contributed by atoms with van der Waals surface area (Å²) < 4.78 is 19.4. The van der Waals surface area contributed by atoms with Crippen molar-refractivity contribution in [3.63, 3.8) is 0 Å². The molecule has 0 aliphatic carbocycles. The largest absolute Gasteiger partial charge is 0.508 e. The van der Waals surface area contributed by atoms with Crippen LogP contribution in [0.1, 0.15) is 13.8 Å². The monoisotopic (exact) mass is 202 g/mol. The second-order valence-corrected chi connectivity index (χ2v) is 5.74. The lowest BCUT2D eigenvalue weighted by molar-refractivity contribution is 0.470. The first kappa shape index (κ1) is 10.4. The Morgan fingerprint density at radius 1 is 1.08 bits per heavy atom. The quantitative estimate of drug-likeness (QED) is 0.691. The van der Waals surface area contributed by atoms with E-state index < -0.39 is 10.6 Å². The maximum atomic E-state index is 9.71. The SMILES string of the molecule is CC(C)S(O)(O)c1ccc(O)cc1. The lowest BCUT2D eigenvalue weighted by Gasteiger charge is -2.36. The van der Waals surface area contributed by atoms with Crippen LogP contribution in [0, 0.1) is 0 Å². The van der Waals surface area contributed by atoms with Crippen molar-refractivity contribution in [1.82, 2.24) is 0 Å². The number of phenolic OH excluding ortho intramolecular Hbond substituents is 1. The highest BCUT2D eigenvalue weighted by Gasteiger charge is 2.19. The Labute approximate surface area is 79.4 Å². The lowest BCUT2D eigenvalue weighted by atomic mass is 10.3. The van der Waals surface area contributed by atoms with Crippen molar-refractivity contribution in [3.8, 4) is 5.75 Å². The van der Waals surface area contributed by atoms with Gasteiger partial charge in [-0.05, 0) is 38.1 Å². The van der Waals surface area contributed by atoms with Crippen molar-refractivity contribution in [2.75, 3.05) is 0 Å². The first-order valence-electron chi connectivity index (χ1n) is 4.00. The molecule has 0 fully saturated rings. The van der Waals surface area contributed by atoms with Gasteiger partial charge in [0, 0.05) is 5.25 Å². The van der Waals surface area contributed by atoms with Gasteiger partial charge in [-0.1, -0.05) is 0 Å². The Kier molecular flexibility index (Phi) is 2.85. The number of hydrogen-bond donors (Lipinski definition) is 3. The Morgan fingerprint density at radius 2 is 1.54 bits per heavy atom. The predicted molar refractivity (Wildman–Crippen MR) is 54.4 cm³/mol. The van der Waals surface area contributed by atoms with Crippen LogP contribution in [-0.2, 0) is 0 Å². The molecule has 0 heterocycles. The zero-order valence-corrected chi connectivity index (χ0v) is 8.45. The highest BCUT2D eigenvalue weighted by molar-refractivity contribution is 8.24. The van der Waals surface area contributed by atoms with Crippen LogP contribution < -0.4 is 0 Å². The van der Waals surface area contributed by atoms with E-state index in [1.165, 1.54) is 24.3 Å². The van der Waals surface area contributed by atoms with Crippen LogP contribution in [-0.4, -0.2) is 19.5 Å². The molecule has 4 heteroatoms. The molecule has 0 spiro atoms. The van der Waals surface area contributed by atoms with Gasteiger partial charge in [0.1, 0.15) is 5.75 Å². The van der Waals surface area contributed by atoms with Crippen molar-refractivity contribution < 1.29 is 14.2 Å². The fourth-order valence-corrected chi connectivity index (χ4v) is 2.00. The second kappa shape index (κ2) is 3.57. The molecule has 0 unspecified atom stereocenters. The molecule has 0 saturated carbocycles. The molecule has 13 heavy (non-hydrogen) atoms. The maximum absolute atomic E-state index is 9.71. The summed E-state index contributed by atoms with van der Waals surface area (Å²) in [5.74, 6) is 0.128. The van der Waals surface area contributed by atoms with E-state index in [-0.39, 0.29) is 11.0 Å². The zero-order valence-electron chi connectivity index (χ0n) is 7.64. The van der Waals surface area contributed by atoms with Crippen LogP contribution in [0.5, 0.6) is 5.75 Å². The van der Waals surface area contributed by atoms with Crippen molar-refractivity contribution in [1.29, 1.82) is 0 Å². The molecule has 1 rings (SSSR count). The molecule has 1 aromatic rings. The fraction of sp³-hybridized carbons (Fsp3) is 0.333. The molecule has 0 saturated heterocycles. The summed E-state index contributed by atoms with van der Waals surface area (Å²) in [5.41, 5.74) is 0. The Balaban J connectivity index is 3.01. The highest BCUT2D eigenvalue weighted by atomic mass is 32.3. The first-order valence-corrected chi connectivity index (χ1v) is 5.61. The smallest absolute Gasteiger partial charge is 0.115 e. The van der Waals surface area contributed by atoms with Gasteiger partial charge in [-0.2, -0.15) is 10.6 Å². The van der Waals surface area contributed by atoms with Gasteiger partial charge < -0.3 is 5.11 Å².